The standard InChI is InChI=1S/C15H19ClF3NO2/c16-12-3-1-2-11(8-12)13(21)9-20-6-4-10(5-7-20)14(22)15(17,18)19/h1-3,8,10,13-14,21-22H,4-7,9H2. The molecule has 3 nitrogen and oxygen atoms in total. The monoisotopic (exact) mass is 337 g/mol. The number of alkyl halides is 3. The lowest BCUT2D eigenvalue weighted by atomic mass is 9.90. The average molecular weight is 338 g/mol. The lowest BCUT2D eigenvalue weighted by Gasteiger charge is -2.35. The van der Waals surface area contributed by atoms with Gasteiger partial charge in [-0.2, -0.15) is 13.2 Å². The van der Waals surface area contributed by atoms with Crippen LogP contribution in [0.4, 0.5) is 13.2 Å². The van der Waals surface area contributed by atoms with Gasteiger partial charge in [0.05, 0.1) is 6.10 Å². The van der Waals surface area contributed by atoms with Gasteiger partial charge in [0, 0.05) is 11.6 Å². The first-order valence-electron chi connectivity index (χ1n) is 7.18. The molecule has 1 aliphatic heterocycles. The quantitative estimate of drug-likeness (QED) is 0.887. The Morgan fingerprint density at radius 3 is 2.41 bits per heavy atom. The van der Waals surface area contributed by atoms with E-state index in [0.717, 1.165) is 0 Å². The van der Waals surface area contributed by atoms with E-state index in [2.05, 4.69) is 0 Å². The van der Waals surface area contributed by atoms with Gasteiger partial charge in [0.25, 0.3) is 0 Å². The van der Waals surface area contributed by atoms with Crippen LogP contribution in [0.15, 0.2) is 24.3 Å². The number of nitrogens with zero attached hydrogens (tertiary/aromatic N) is 1. The van der Waals surface area contributed by atoms with Crippen molar-refractivity contribution in [1.82, 2.24) is 4.90 Å². The van der Waals surface area contributed by atoms with Crippen LogP contribution in [-0.2, 0) is 0 Å². The molecular formula is C15H19ClF3NO2. The summed E-state index contributed by atoms with van der Waals surface area (Å²) in [7, 11) is 0. The molecule has 0 bridgehead atoms. The summed E-state index contributed by atoms with van der Waals surface area (Å²) in [5.74, 6) is -0.764. The van der Waals surface area contributed by atoms with Crippen molar-refractivity contribution in [3.05, 3.63) is 34.9 Å². The van der Waals surface area contributed by atoms with E-state index in [1.807, 2.05) is 4.90 Å². The van der Waals surface area contributed by atoms with Crippen molar-refractivity contribution in [2.75, 3.05) is 19.6 Å². The highest BCUT2D eigenvalue weighted by molar-refractivity contribution is 6.30. The van der Waals surface area contributed by atoms with Gasteiger partial charge in [0.2, 0.25) is 0 Å². The number of aliphatic hydroxyl groups excluding tert-OH is 2. The molecule has 1 aliphatic rings. The lowest BCUT2D eigenvalue weighted by molar-refractivity contribution is -0.223. The number of halogens is 4. The van der Waals surface area contributed by atoms with Crippen LogP contribution in [0.3, 0.4) is 0 Å². The van der Waals surface area contributed by atoms with Gasteiger partial charge in [-0.3, -0.25) is 0 Å². The number of rotatable bonds is 4. The van der Waals surface area contributed by atoms with Gasteiger partial charge in [-0.05, 0) is 49.5 Å². The first-order chi connectivity index (χ1) is 10.3. The minimum absolute atomic E-state index is 0.267. The Morgan fingerprint density at radius 2 is 1.86 bits per heavy atom. The van der Waals surface area contributed by atoms with Gasteiger partial charge in [-0.15, -0.1) is 0 Å². The molecule has 2 atom stereocenters. The fourth-order valence-corrected chi connectivity index (χ4v) is 2.98. The van der Waals surface area contributed by atoms with Crippen LogP contribution in [0.2, 0.25) is 5.02 Å². The van der Waals surface area contributed by atoms with E-state index in [0.29, 0.717) is 30.2 Å². The first kappa shape index (κ1) is 17.5. The molecule has 2 rings (SSSR count). The van der Waals surface area contributed by atoms with E-state index in [4.69, 9.17) is 11.6 Å². The Kier molecular flexibility index (Phi) is 5.71. The summed E-state index contributed by atoms with van der Waals surface area (Å²) < 4.78 is 37.5. The molecule has 0 aromatic heterocycles. The zero-order chi connectivity index (χ0) is 16.3. The van der Waals surface area contributed by atoms with Crippen molar-refractivity contribution in [2.24, 2.45) is 5.92 Å². The Bertz CT molecular complexity index is 490. The normalized spacial score (nSPS) is 20.8. The number of hydrogen-bond donors (Lipinski definition) is 2. The van der Waals surface area contributed by atoms with Crippen molar-refractivity contribution in [3.8, 4) is 0 Å². The number of aliphatic hydroxyl groups is 2. The Labute approximate surface area is 132 Å². The molecule has 1 saturated heterocycles. The SMILES string of the molecule is OC(CN1CCC(C(O)C(F)(F)F)CC1)c1cccc(Cl)c1. The molecule has 0 spiro atoms. The molecule has 2 N–H and O–H groups in total. The van der Waals surface area contributed by atoms with Crippen LogP contribution in [0.5, 0.6) is 0 Å². The highest BCUT2D eigenvalue weighted by Gasteiger charge is 2.44. The molecule has 1 fully saturated rings. The predicted molar refractivity (Wildman–Crippen MR) is 77.6 cm³/mol. The van der Waals surface area contributed by atoms with Crippen molar-refractivity contribution in [1.29, 1.82) is 0 Å². The third-order valence-corrected chi connectivity index (χ3v) is 4.31. The molecule has 1 aromatic rings. The zero-order valence-electron chi connectivity index (χ0n) is 11.9. The maximum absolute atomic E-state index is 12.5. The summed E-state index contributed by atoms with van der Waals surface area (Å²) in [5, 5.41) is 20.0. The maximum atomic E-state index is 12.5. The Hall–Kier alpha value is -0.820. The molecule has 0 saturated carbocycles. The van der Waals surface area contributed by atoms with Gasteiger partial charge in [-0.25, -0.2) is 0 Å². The second-order valence-corrected chi connectivity index (χ2v) is 6.13. The second-order valence-electron chi connectivity index (χ2n) is 5.70. The Balaban J connectivity index is 1.85. The highest BCUT2D eigenvalue weighted by atomic mass is 35.5. The van der Waals surface area contributed by atoms with Gasteiger partial charge in [0.15, 0.2) is 6.10 Å². The fraction of sp³-hybridized carbons (Fsp3) is 0.600. The van der Waals surface area contributed by atoms with E-state index >= 15 is 0 Å². The second kappa shape index (κ2) is 7.17. The summed E-state index contributed by atoms with van der Waals surface area (Å²) in [5.41, 5.74) is 0.685. The first-order valence-corrected chi connectivity index (χ1v) is 7.56. The van der Waals surface area contributed by atoms with Gasteiger partial charge in [0.1, 0.15) is 0 Å². The van der Waals surface area contributed by atoms with Crippen molar-refractivity contribution < 1.29 is 23.4 Å². The summed E-state index contributed by atoms with van der Waals surface area (Å²) in [6.07, 6.45) is -7.02. The number of piperidine rings is 1. The summed E-state index contributed by atoms with van der Waals surface area (Å²) in [6.45, 7) is 1.19. The molecule has 2 unspecified atom stereocenters. The number of benzene rings is 1. The van der Waals surface area contributed by atoms with Gasteiger partial charge < -0.3 is 15.1 Å². The minimum atomic E-state index is -4.56. The number of likely N-dealkylation sites (tertiary alicyclic amines) is 1. The fourth-order valence-electron chi connectivity index (χ4n) is 2.78. The molecule has 7 heteroatoms. The van der Waals surface area contributed by atoms with E-state index in [9.17, 15) is 23.4 Å². The van der Waals surface area contributed by atoms with E-state index in [-0.39, 0.29) is 12.8 Å². The molecular weight excluding hydrogens is 319 g/mol. The van der Waals surface area contributed by atoms with E-state index < -0.39 is 24.3 Å². The van der Waals surface area contributed by atoms with Crippen LogP contribution in [0.1, 0.15) is 24.5 Å². The Morgan fingerprint density at radius 1 is 1.23 bits per heavy atom. The van der Waals surface area contributed by atoms with Crippen LogP contribution >= 0.6 is 11.6 Å². The maximum Gasteiger partial charge on any atom is 0.414 e. The highest BCUT2D eigenvalue weighted by Crippen LogP contribution is 2.32. The average Bonchev–Trinajstić information content (AvgIpc) is 2.46. The third kappa shape index (κ3) is 4.59. The van der Waals surface area contributed by atoms with Crippen LogP contribution in [-0.4, -0.2) is 47.0 Å². The molecule has 124 valence electrons. The molecule has 0 amide bonds. The molecule has 22 heavy (non-hydrogen) atoms. The molecule has 1 heterocycles. The predicted octanol–water partition coefficient (Wildman–Crippen LogP) is 3.01. The number of hydrogen-bond acceptors (Lipinski definition) is 3. The van der Waals surface area contributed by atoms with Crippen molar-refractivity contribution in [3.63, 3.8) is 0 Å². The number of β-amino-alcohol motifs (C(OH)–C–C–N with tert-alkyl or cyclic N) is 1. The van der Waals surface area contributed by atoms with Gasteiger partial charge >= 0.3 is 6.18 Å². The largest absolute Gasteiger partial charge is 0.414 e. The van der Waals surface area contributed by atoms with Crippen molar-refractivity contribution in [2.45, 2.75) is 31.2 Å². The summed E-state index contributed by atoms with van der Waals surface area (Å²) in [4.78, 5) is 1.91. The van der Waals surface area contributed by atoms with Crippen molar-refractivity contribution >= 4 is 11.6 Å². The summed E-state index contributed by atoms with van der Waals surface area (Å²) >= 11 is 5.87. The molecule has 0 radical (unpaired) electrons. The van der Waals surface area contributed by atoms with E-state index in [1.54, 1.807) is 24.3 Å². The molecule has 0 aliphatic carbocycles. The third-order valence-electron chi connectivity index (χ3n) is 4.08. The topological polar surface area (TPSA) is 43.7 Å². The molecule has 1 aromatic carbocycles. The van der Waals surface area contributed by atoms with Gasteiger partial charge in [-0.1, -0.05) is 23.7 Å². The van der Waals surface area contributed by atoms with Crippen LogP contribution < -0.4 is 0 Å². The van der Waals surface area contributed by atoms with Crippen LogP contribution in [0, 0.1) is 5.92 Å². The minimum Gasteiger partial charge on any atom is -0.387 e. The smallest absolute Gasteiger partial charge is 0.387 e. The summed E-state index contributed by atoms with van der Waals surface area (Å²) in [6, 6.07) is 6.89. The zero-order valence-corrected chi connectivity index (χ0v) is 12.7. The van der Waals surface area contributed by atoms with E-state index in [1.165, 1.54) is 0 Å². The lowest BCUT2D eigenvalue weighted by Crippen LogP contribution is -2.44. The van der Waals surface area contributed by atoms with Crippen LogP contribution in [0.25, 0.3) is 0 Å².